The number of amides is 2. The third-order valence-corrected chi connectivity index (χ3v) is 2.36. The standard InChI is InChI=1S/C13H22N4O8/c1-23-7-5-14-16-12(21)11(13(22)17-15-6-8-24-2)25-10(20)4-3-9(18)19/h3-4,11,14-15H,5-8H2,1-2H3,(H,16,21)(H,17,22)(H,18,19)/b4-3+. The molecule has 12 heteroatoms. The number of hydrogen-bond donors (Lipinski definition) is 5. The summed E-state index contributed by atoms with van der Waals surface area (Å²) in [5.74, 6) is -4.48. The van der Waals surface area contributed by atoms with Crippen molar-refractivity contribution in [2.45, 2.75) is 6.10 Å². The number of carboxylic acids is 1. The highest BCUT2D eigenvalue weighted by Crippen LogP contribution is 1.95. The number of rotatable bonds is 13. The number of esters is 1. The van der Waals surface area contributed by atoms with E-state index < -0.39 is 29.9 Å². The van der Waals surface area contributed by atoms with E-state index in [0.29, 0.717) is 12.2 Å². The van der Waals surface area contributed by atoms with Crippen LogP contribution >= 0.6 is 0 Å². The molecule has 0 aromatic carbocycles. The van der Waals surface area contributed by atoms with Crippen molar-refractivity contribution in [3.63, 3.8) is 0 Å². The van der Waals surface area contributed by atoms with Crippen molar-refractivity contribution in [3.05, 3.63) is 12.2 Å². The van der Waals surface area contributed by atoms with Crippen LogP contribution in [0, 0.1) is 0 Å². The molecule has 0 aliphatic carbocycles. The Balaban J connectivity index is 4.72. The fourth-order valence-electron chi connectivity index (χ4n) is 1.26. The first kappa shape index (κ1) is 22.5. The molecule has 0 aliphatic rings. The number of hydrogen-bond acceptors (Lipinski definition) is 9. The molecule has 0 saturated heterocycles. The van der Waals surface area contributed by atoms with Crippen LogP contribution in [0.25, 0.3) is 0 Å². The molecule has 0 aromatic rings. The van der Waals surface area contributed by atoms with E-state index in [2.05, 4.69) is 26.4 Å². The number of carbonyl (C=O) groups excluding carboxylic acids is 3. The summed E-state index contributed by atoms with van der Waals surface area (Å²) in [7, 11) is 2.92. The summed E-state index contributed by atoms with van der Waals surface area (Å²) < 4.78 is 14.2. The van der Waals surface area contributed by atoms with Crippen molar-refractivity contribution in [3.8, 4) is 0 Å². The van der Waals surface area contributed by atoms with Gasteiger partial charge in [0.25, 0.3) is 17.9 Å². The van der Waals surface area contributed by atoms with E-state index in [1.54, 1.807) is 0 Å². The number of hydrazine groups is 2. The Morgan fingerprint density at radius 1 is 0.920 bits per heavy atom. The predicted octanol–water partition coefficient (Wildman–Crippen LogP) is -2.93. The van der Waals surface area contributed by atoms with Crippen molar-refractivity contribution in [2.24, 2.45) is 0 Å². The molecule has 0 heterocycles. The van der Waals surface area contributed by atoms with Gasteiger partial charge in [0.15, 0.2) is 0 Å². The van der Waals surface area contributed by atoms with Crippen molar-refractivity contribution in [1.29, 1.82) is 0 Å². The molecule has 0 fully saturated rings. The van der Waals surface area contributed by atoms with Gasteiger partial charge in [0, 0.05) is 39.5 Å². The van der Waals surface area contributed by atoms with Crippen molar-refractivity contribution < 1.29 is 38.5 Å². The average Bonchev–Trinajstić information content (AvgIpc) is 2.58. The van der Waals surface area contributed by atoms with E-state index in [1.165, 1.54) is 14.2 Å². The lowest BCUT2D eigenvalue weighted by Crippen LogP contribution is -2.54. The lowest BCUT2D eigenvalue weighted by atomic mass is 10.3. The average molecular weight is 362 g/mol. The normalized spacial score (nSPS) is 10.7. The first-order chi connectivity index (χ1) is 11.9. The third-order valence-electron chi connectivity index (χ3n) is 2.36. The van der Waals surface area contributed by atoms with E-state index in [4.69, 9.17) is 14.6 Å². The van der Waals surface area contributed by atoms with E-state index >= 15 is 0 Å². The zero-order chi connectivity index (χ0) is 19.1. The summed E-state index contributed by atoms with van der Waals surface area (Å²) in [6, 6.07) is 0. The molecule has 0 rings (SSSR count). The Morgan fingerprint density at radius 3 is 1.80 bits per heavy atom. The molecule has 2 amide bonds. The number of nitrogens with one attached hydrogen (secondary N) is 4. The van der Waals surface area contributed by atoms with Crippen LogP contribution < -0.4 is 21.7 Å². The van der Waals surface area contributed by atoms with Gasteiger partial charge in [0.05, 0.1) is 13.2 Å². The lowest BCUT2D eigenvalue weighted by Gasteiger charge is -2.17. The van der Waals surface area contributed by atoms with Crippen molar-refractivity contribution in [1.82, 2.24) is 21.7 Å². The second-order valence-electron chi connectivity index (χ2n) is 4.31. The van der Waals surface area contributed by atoms with Crippen LogP contribution in [0.5, 0.6) is 0 Å². The van der Waals surface area contributed by atoms with Gasteiger partial charge in [0.2, 0.25) is 0 Å². The summed E-state index contributed by atoms with van der Waals surface area (Å²) in [5.41, 5.74) is 9.29. The molecule has 5 N–H and O–H groups in total. The van der Waals surface area contributed by atoms with Crippen LogP contribution in [-0.4, -0.2) is 75.5 Å². The lowest BCUT2D eigenvalue weighted by molar-refractivity contribution is -0.159. The molecule has 25 heavy (non-hydrogen) atoms. The molecule has 0 aromatic heterocycles. The minimum atomic E-state index is -1.85. The topological polar surface area (TPSA) is 164 Å². The molecular formula is C13H22N4O8. The number of aliphatic carboxylic acids is 1. The fraction of sp³-hybridized carbons (Fsp3) is 0.538. The van der Waals surface area contributed by atoms with Gasteiger partial charge in [-0.3, -0.25) is 20.4 Å². The molecular weight excluding hydrogens is 340 g/mol. The fourth-order valence-corrected chi connectivity index (χ4v) is 1.26. The maximum absolute atomic E-state index is 12.0. The van der Waals surface area contributed by atoms with Crippen LogP contribution in [-0.2, 0) is 33.4 Å². The molecule has 0 bridgehead atoms. The van der Waals surface area contributed by atoms with Gasteiger partial charge in [-0.1, -0.05) is 0 Å². The molecule has 0 radical (unpaired) electrons. The maximum atomic E-state index is 12.0. The Hall–Kier alpha value is -2.54. The number of ether oxygens (including phenoxy) is 3. The van der Waals surface area contributed by atoms with Gasteiger partial charge in [-0.15, -0.1) is 0 Å². The second-order valence-corrected chi connectivity index (χ2v) is 4.31. The second kappa shape index (κ2) is 13.9. The summed E-state index contributed by atoms with van der Waals surface area (Å²) >= 11 is 0. The summed E-state index contributed by atoms with van der Waals surface area (Å²) in [6.07, 6.45) is -0.758. The van der Waals surface area contributed by atoms with E-state index in [0.717, 1.165) is 0 Å². The predicted molar refractivity (Wildman–Crippen MR) is 82.7 cm³/mol. The first-order valence-electron chi connectivity index (χ1n) is 7.07. The molecule has 0 unspecified atom stereocenters. The van der Waals surface area contributed by atoms with Crippen LogP contribution in [0.1, 0.15) is 0 Å². The van der Waals surface area contributed by atoms with Gasteiger partial charge in [-0.2, -0.15) is 0 Å². The van der Waals surface area contributed by atoms with Gasteiger partial charge in [0.1, 0.15) is 0 Å². The molecule has 142 valence electrons. The van der Waals surface area contributed by atoms with Crippen molar-refractivity contribution in [2.75, 3.05) is 40.5 Å². The highest BCUT2D eigenvalue weighted by molar-refractivity contribution is 6.05. The van der Waals surface area contributed by atoms with Crippen LogP contribution in [0.4, 0.5) is 0 Å². The summed E-state index contributed by atoms with van der Waals surface area (Å²) in [6.45, 7) is 1.07. The minimum Gasteiger partial charge on any atom is -0.478 e. The van der Waals surface area contributed by atoms with Crippen molar-refractivity contribution >= 4 is 23.8 Å². The Bertz CT molecular complexity index is 459. The number of methoxy groups -OCH3 is 2. The number of carbonyl (C=O) groups is 4. The molecule has 0 atom stereocenters. The first-order valence-corrected chi connectivity index (χ1v) is 7.07. The monoisotopic (exact) mass is 362 g/mol. The van der Waals surface area contributed by atoms with Gasteiger partial charge in [-0.05, 0) is 0 Å². The highest BCUT2D eigenvalue weighted by atomic mass is 16.6. The van der Waals surface area contributed by atoms with E-state index in [9.17, 15) is 19.2 Å². The smallest absolute Gasteiger partial charge is 0.332 e. The Labute approximate surface area is 143 Å². The molecule has 12 nitrogen and oxygen atoms in total. The minimum absolute atomic E-state index is 0.246. The SMILES string of the molecule is COCCNNC(=O)C(OC(=O)/C=C/C(=O)O)C(=O)NNCCOC. The largest absolute Gasteiger partial charge is 0.478 e. The number of carboxylic acid groups (broad SMARTS) is 1. The Morgan fingerprint density at radius 2 is 1.40 bits per heavy atom. The Kier molecular flexibility index (Phi) is 12.5. The van der Waals surface area contributed by atoms with E-state index in [1.807, 2.05) is 0 Å². The highest BCUT2D eigenvalue weighted by Gasteiger charge is 2.30. The van der Waals surface area contributed by atoms with Gasteiger partial charge >= 0.3 is 11.9 Å². The van der Waals surface area contributed by atoms with Crippen LogP contribution in [0.15, 0.2) is 12.2 Å². The molecule has 0 aliphatic heterocycles. The zero-order valence-corrected chi connectivity index (χ0v) is 13.9. The third kappa shape index (κ3) is 11.6. The zero-order valence-electron chi connectivity index (χ0n) is 13.9. The molecule has 0 saturated carbocycles. The summed E-state index contributed by atoms with van der Waals surface area (Å²) in [5, 5.41) is 8.45. The maximum Gasteiger partial charge on any atom is 0.332 e. The molecule has 0 spiro atoms. The van der Waals surface area contributed by atoms with Crippen LogP contribution in [0.2, 0.25) is 0 Å². The van der Waals surface area contributed by atoms with Gasteiger partial charge in [-0.25, -0.2) is 20.4 Å². The van der Waals surface area contributed by atoms with Gasteiger partial charge < -0.3 is 19.3 Å². The van der Waals surface area contributed by atoms with Crippen LogP contribution in [0.3, 0.4) is 0 Å². The summed E-state index contributed by atoms with van der Waals surface area (Å²) in [4.78, 5) is 45.8. The quantitative estimate of drug-likeness (QED) is 0.0753. The van der Waals surface area contributed by atoms with E-state index in [-0.39, 0.29) is 26.3 Å².